The number of hydrogen-bond donors (Lipinski definition) is 2. The minimum Gasteiger partial charge on any atom is -0.481 e. The largest absolute Gasteiger partial charge is 0.481 e. The molecule has 0 spiro atoms. The summed E-state index contributed by atoms with van der Waals surface area (Å²) in [5.41, 5.74) is 1.15. The van der Waals surface area contributed by atoms with Crippen molar-refractivity contribution >= 4 is 23.0 Å². The number of aliphatic carboxylic acids is 1. The van der Waals surface area contributed by atoms with Crippen LogP contribution in [0.4, 0.5) is 5.69 Å². The van der Waals surface area contributed by atoms with Crippen molar-refractivity contribution in [3.63, 3.8) is 0 Å². The Balaban J connectivity index is 2.04. The lowest BCUT2D eigenvalue weighted by molar-refractivity contribution is -0.142. The molecule has 2 N–H and O–H groups in total. The topological polar surface area (TPSA) is 52.6 Å². The van der Waals surface area contributed by atoms with Gasteiger partial charge in [0.2, 0.25) is 0 Å². The maximum Gasteiger partial charge on any atom is 0.308 e. The first kappa shape index (κ1) is 13.4. The Kier molecular flexibility index (Phi) is 4.60. The second-order valence-electron chi connectivity index (χ2n) is 4.81. The van der Waals surface area contributed by atoms with E-state index in [1.54, 1.807) is 11.3 Å². The number of carbonyl (C=O) groups is 1. The van der Waals surface area contributed by atoms with Gasteiger partial charge in [-0.15, -0.1) is 0 Å². The first-order valence-corrected chi connectivity index (χ1v) is 7.38. The Labute approximate surface area is 112 Å². The van der Waals surface area contributed by atoms with Crippen LogP contribution >= 0.6 is 11.3 Å². The number of nitrogens with zero attached hydrogens (tertiary/aromatic N) is 1. The third-order valence-corrected chi connectivity index (χ3v) is 4.02. The molecule has 1 aromatic rings. The maximum atomic E-state index is 11.2. The number of anilines is 1. The lowest BCUT2D eigenvalue weighted by Crippen LogP contribution is -2.51. The van der Waals surface area contributed by atoms with Crippen LogP contribution in [0.5, 0.6) is 0 Å². The Bertz CT molecular complexity index is 380. The molecule has 2 atom stereocenters. The monoisotopic (exact) mass is 268 g/mol. The van der Waals surface area contributed by atoms with Crippen LogP contribution < -0.4 is 10.2 Å². The highest BCUT2D eigenvalue weighted by molar-refractivity contribution is 7.08. The van der Waals surface area contributed by atoms with E-state index in [2.05, 4.69) is 28.6 Å². The summed E-state index contributed by atoms with van der Waals surface area (Å²) in [5, 5.41) is 16.8. The van der Waals surface area contributed by atoms with Gasteiger partial charge in [-0.2, -0.15) is 11.3 Å². The molecule has 1 aliphatic rings. The van der Waals surface area contributed by atoms with E-state index < -0.39 is 5.97 Å². The fourth-order valence-corrected chi connectivity index (χ4v) is 3.09. The van der Waals surface area contributed by atoms with Gasteiger partial charge in [-0.3, -0.25) is 4.79 Å². The van der Waals surface area contributed by atoms with Gasteiger partial charge in [-0.1, -0.05) is 6.92 Å². The predicted octanol–water partition coefficient (Wildman–Crippen LogP) is 2.03. The fourth-order valence-electron chi connectivity index (χ4n) is 2.42. The van der Waals surface area contributed by atoms with Gasteiger partial charge in [0.05, 0.1) is 5.92 Å². The van der Waals surface area contributed by atoms with Gasteiger partial charge < -0.3 is 15.3 Å². The fraction of sp³-hybridized carbons (Fsp3) is 0.615. The van der Waals surface area contributed by atoms with E-state index in [9.17, 15) is 9.90 Å². The molecule has 2 heterocycles. The van der Waals surface area contributed by atoms with Gasteiger partial charge >= 0.3 is 5.97 Å². The Morgan fingerprint density at radius 3 is 3.06 bits per heavy atom. The third kappa shape index (κ3) is 3.23. The van der Waals surface area contributed by atoms with Crippen LogP contribution in [0.2, 0.25) is 0 Å². The van der Waals surface area contributed by atoms with E-state index >= 15 is 0 Å². The van der Waals surface area contributed by atoms with Crippen molar-refractivity contribution in [2.24, 2.45) is 5.92 Å². The molecule has 0 aliphatic carbocycles. The lowest BCUT2D eigenvalue weighted by atomic mass is 9.94. The molecule has 1 saturated heterocycles. The number of carboxylic acids is 1. The molecule has 0 radical (unpaired) electrons. The van der Waals surface area contributed by atoms with E-state index in [0.29, 0.717) is 6.54 Å². The third-order valence-electron chi connectivity index (χ3n) is 3.35. The molecule has 0 bridgehead atoms. The average molecular weight is 268 g/mol. The van der Waals surface area contributed by atoms with Crippen LogP contribution in [-0.2, 0) is 4.79 Å². The molecule has 2 unspecified atom stereocenters. The summed E-state index contributed by atoms with van der Waals surface area (Å²) in [6, 6.07) is 2.34. The number of nitrogens with one attached hydrogen (secondary N) is 1. The number of piperidine rings is 1. The van der Waals surface area contributed by atoms with Crippen molar-refractivity contribution in [3.8, 4) is 0 Å². The molecule has 2 rings (SSSR count). The van der Waals surface area contributed by atoms with Gasteiger partial charge in [0.25, 0.3) is 0 Å². The van der Waals surface area contributed by atoms with Crippen LogP contribution in [-0.4, -0.2) is 36.8 Å². The van der Waals surface area contributed by atoms with Crippen molar-refractivity contribution in [2.75, 3.05) is 24.5 Å². The molecule has 1 aliphatic heterocycles. The van der Waals surface area contributed by atoms with Gasteiger partial charge in [0.1, 0.15) is 0 Å². The van der Waals surface area contributed by atoms with Crippen molar-refractivity contribution in [2.45, 2.75) is 25.8 Å². The van der Waals surface area contributed by atoms with E-state index in [1.807, 2.05) is 5.38 Å². The molecular formula is C13H20N2O2S. The van der Waals surface area contributed by atoms with E-state index in [-0.39, 0.29) is 12.0 Å². The molecule has 1 fully saturated rings. The van der Waals surface area contributed by atoms with Crippen LogP contribution in [0.1, 0.15) is 19.8 Å². The van der Waals surface area contributed by atoms with Crippen molar-refractivity contribution in [1.82, 2.24) is 5.32 Å². The highest BCUT2D eigenvalue weighted by atomic mass is 32.1. The molecular weight excluding hydrogens is 248 g/mol. The normalized spacial score (nSPS) is 24.2. The molecule has 0 saturated carbocycles. The summed E-state index contributed by atoms with van der Waals surface area (Å²) in [6.45, 7) is 4.60. The summed E-state index contributed by atoms with van der Waals surface area (Å²) in [7, 11) is 0. The SMILES string of the molecule is CCCNC1CC(C(=O)O)CN(c2ccsc2)C1. The van der Waals surface area contributed by atoms with Gasteiger partial charge in [-0.05, 0) is 30.8 Å². The zero-order valence-corrected chi connectivity index (χ0v) is 11.4. The predicted molar refractivity (Wildman–Crippen MR) is 74.4 cm³/mol. The van der Waals surface area contributed by atoms with E-state index in [1.165, 1.54) is 0 Å². The van der Waals surface area contributed by atoms with Gasteiger partial charge in [0, 0.05) is 30.2 Å². The van der Waals surface area contributed by atoms with Crippen molar-refractivity contribution < 1.29 is 9.90 Å². The Morgan fingerprint density at radius 1 is 1.61 bits per heavy atom. The van der Waals surface area contributed by atoms with E-state index in [4.69, 9.17) is 0 Å². The summed E-state index contributed by atoms with van der Waals surface area (Å²) in [6.07, 6.45) is 1.81. The molecule has 0 aromatic carbocycles. The molecule has 5 heteroatoms. The maximum absolute atomic E-state index is 11.2. The zero-order chi connectivity index (χ0) is 13.0. The first-order valence-electron chi connectivity index (χ1n) is 6.44. The first-order chi connectivity index (χ1) is 8.70. The van der Waals surface area contributed by atoms with Crippen LogP contribution in [0.3, 0.4) is 0 Å². The molecule has 100 valence electrons. The van der Waals surface area contributed by atoms with Crippen molar-refractivity contribution in [1.29, 1.82) is 0 Å². The molecule has 1 aromatic heterocycles. The Morgan fingerprint density at radius 2 is 2.44 bits per heavy atom. The standard InChI is InChI=1S/C13H20N2O2S/c1-2-4-14-11-6-10(13(16)17)7-15(8-11)12-3-5-18-9-12/h3,5,9-11,14H,2,4,6-8H2,1H3,(H,16,17). The second kappa shape index (κ2) is 6.20. The van der Waals surface area contributed by atoms with Crippen LogP contribution in [0.15, 0.2) is 16.8 Å². The van der Waals surface area contributed by atoms with Crippen LogP contribution in [0, 0.1) is 5.92 Å². The highest BCUT2D eigenvalue weighted by Crippen LogP contribution is 2.25. The highest BCUT2D eigenvalue weighted by Gasteiger charge is 2.31. The summed E-state index contributed by atoms with van der Waals surface area (Å²) in [5.74, 6) is -0.953. The van der Waals surface area contributed by atoms with Gasteiger partial charge in [0.15, 0.2) is 0 Å². The van der Waals surface area contributed by atoms with Crippen LogP contribution in [0.25, 0.3) is 0 Å². The number of thiophene rings is 1. The lowest BCUT2D eigenvalue weighted by Gasteiger charge is -2.37. The second-order valence-corrected chi connectivity index (χ2v) is 5.59. The minimum atomic E-state index is -0.682. The van der Waals surface area contributed by atoms with E-state index in [0.717, 1.165) is 31.6 Å². The van der Waals surface area contributed by atoms with Gasteiger partial charge in [-0.25, -0.2) is 0 Å². The summed E-state index contributed by atoms with van der Waals surface area (Å²) in [4.78, 5) is 13.4. The summed E-state index contributed by atoms with van der Waals surface area (Å²) >= 11 is 1.65. The van der Waals surface area contributed by atoms with Crippen molar-refractivity contribution in [3.05, 3.63) is 16.8 Å². The Hall–Kier alpha value is -1.07. The summed E-state index contributed by atoms with van der Waals surface area (Å²) < 4.78 is 0. The number of hydrogen-bond acceptors (Lipinski definition) is 4. The number of rotatable bonds is 5. The molecule has 4 nitrogen and oxygen atoms in total. The number of carboxylic acid groups (broad SMARTS) is 1. The zero-order valence-electron chi connectivity index (χ0n) is 10.6. The molecule has 0 amide bonds. The average Bonchev–Trinajstić information content (AvgIpc) is 2.89. The quantitative estimate of drug-likeness (QED) is 0.858. The smallest absolute Gasteiger partial charge is 0.308 e. The minimum absolute atomic E-state index is 0.270. The molecule has 18 heavy (non-hydrogen) atoms.